The van der Waals surface area contributed by atoms with Crippen molar-refractivity contribution < 1.29 is 9.59 Å². The fourth-order valence-electron chi connectivity index (χ4n) is 2.61. The standard InChI is InChI=1S/C19H21N3O2/c1-2-14-3-5-16(6-4-14)22-18(24)19(9-10-19)17(23)21-13-15-7-11-20-12-8-15/h3-8,11-12H,2,9-10,13H2,1H3,(H,21,23)(H,22,24). The summed E-state index contributed by atoms with van der Waals surface area (Å²) in [4.78, 5) is 28.9. The van der Waals surface area contributed by atoms with E-state index >= 15 is 0 Å². The number of anilines is 1. The molecule has 1 aromatic carbocycles. The van der Waals surface area contributed by atoms with Crippen molar-refractivity contribution in [2.45, 2.75) is 32.7 Å². The maximum Gasteiger partial charge on any atom is 0.240 e. The molecule has 5 heteroatoms. The Kier molecular flexibility index (Phi) is 4.60. The van der Waals surface area contributed by atoms with Crippen LogP contribution in [0.3, 0.4) is 0 Å². The summed E-state index contributed by atoms with van der Waals surface area (Å²) in [5, 5.41) is 5.72. The van der Waals surface area contributed by atoms with Gasteiger partial charge < -0.3 is 10.6 Å². The van der Waals surface area contributed by atoms with Gasteiger partial charge in [0.2, 0.25) is 11.8 Å². The van der Waals surface area contributed by atoms with Gasteiger partial charge in [0.05, 0.1) is 0 Å². The first-order valence-corrected chi connectivity index (χ1v) is 8.21. The fourth-order valence-corrected chi connectivity index (χ4v) is 2.61. The predicted octanol–water partition coefficient (Wildman–Crippen LogP) is 2.68. The first-order valence-electron chi connectivity index (χ1n) is 8.21. The molecular weight excluding hydrogens is 302 g/mol. The SMILES string of the molecule is CCc1ccc(NC(=O)C2(C(=O)NCc3ccncc3)CC2)cc1. The number of benzene rings is 1. The molecule has 1 saturated carbocycles. The van der Waals surface area contributed by atoms with Gasteiger partial charge in [-0.2, -0.15) is 0 Å². The zero-order valence-corrected chi connectivity index (χ0v) is 13.7. The summed E-state index contributed by atoms with van der Waals surface area (Å²) >= 11 is 0. The molecule has 0 radical (unpaired) electrons. The Morgan fingerprint density at radius 1 is 1.00 bits per heavy atom. The molecular formula is C19H21N3O2. The number of carbonyl (C=O) groups is 2. The van der Waals surface area contributed by atoms with E-state index in [2.05, 4.69) is 22.5 Å². The van der Waals surface area contributed by atoms with Crippen LogP contribution in [-0.4, -0.2) is 16.8 Å². The highest BCUT2D eigenvalue weighted by Gasteiger charge is 2.56. The van der Waals surface area contributed by atoms with Crippen molar-refractivity contribution in [2.75, 3.05) is 5.32 Å². The fraction of sp³-hybridized carbons (Fsp3) is 0.316. The normalized spacial score (nSPS) is 14.7. The molecule has 0 bridgehead atoms. The third-order valence-corrected chi connectivity index (χ3v) is 4.44. The van der Waals surface area contributed by atoms with Crippen molar-refractivity contribution in [3.8, 4) is 0 Å². The number of rotatable bonds is 6. The summed E-state index contributed by atoms with van der Waals surface area (Å²) in [6.45, 7) is 2.49. The van der Waals surface area contributed by atoms with E-state index < -0.39 is 5.41 Å². The van der Waals surface area contributed by atoms with Crippen molar-refractivity contribution >= 4 is 17.5 Å². The predicted molar refractivity (Wildman–Crippen MR) is 92.2 cm³/mol. The number of hydrogen-bond donors (Lipinski definition) is 2. The molecule has 24 heavy (non-hydrogen) atoms. The molecule has 3 rings (SSSR count). The third kappa shape index (κ3) is 3.45. The second kappa shape index (κ2) is 6.83. The van der Waals surface area contributed by atoms with Gasteiger partial charge in [-0.15, -0.1) is 0 Å². The Morgan fingerprint density at radius 3 is 2.25 bits per heavy atom. The third-order valence-electron chi connectivity index (χ3n) is 4.44. The number of pyridine rings is 1. The van der Waals surface area contributed by atoms with Crippen LogP contribution in [0.2, 0.25) is 0 Å². The molecule has 0 atom stereocenters. The highest BCUT2D eigenvalue weighted by Crippen LogP contribution is 2.46. The highest BCUT2D eigenvalue weighted by atomic mass is 16.2. The molecule has 5 nitrogen and oxygen atoms in total. The number of nitrogens with one attached hydrogen (secondary N) is 2. The van der Waals surface area contributed by atoms with Crippen LogP contribution in [0.4, 0.5) is 5.69 Å². The second-order valence-electron chi connectivity index (χ2n) is 6.12. The van der Waals surface area contributed by atoms with Gasteiger partial charge in [0, 0.05) is 24.6 Å². The minimum Gasteiger partial charge on any atom is -0.351 e. The van der Waals surface area contributed by atoms with Crippen molar-refractivity contribution in [3.05, 3.63) is 59.9 Å². The summed E-state index contributed by atoms with van der Waals surface area (Å²) < 4.78 is 0. The average molecular weight is 323 g/mol. The Balaban J connectivity index is 1.59. The maximum atomic E-state index is 12.5. The van der Waals surface area contributed by atoms with Gasteiger partial charge in [-0.05, 0) is 54.7 Å². The Labute approximate surface area is 141 Å². The minimum absolute atomic E-state index is 0.206. The van der Waals surface area contributed by atoms with Crippen LogP contribution in [0.25, 0.3) is 0 Å². The van der Waals surface area contributed by atoms with Crippen LogP contribution in [0.5, 0.6) is 0 Å². The van der Waals surface area contributed by atoms with E-state index in [9.17, 15) is 9.59 Å². The van der Waals surface area contributed by atoms with Crippen molar-refractivity contribution in [3.63, 3.8) is 0 Å². The largest absolute Gasteiger partial charge is 0.351 e. The first-order chi connectivity index (χ1) is 11.6. The van der Waals surface area contributed by atoms with Crippen LogP contribution in [0.15, 0.2) is 48.8 Å². The second-order valence-corrected chi connectivity index (χ2v) is 6.12. The molecule has 1 aliphatic rings. The van der Waals surface area contributed by atoms with Crippen LogP contribution < -0.4 is 10.6 Å². The summed E-state index contributed by atoms with van der Waals surface area (Å²) in [7, 11) is 0. The highest BCUT2D eigenvalue weighted by molar-refractivity contribution is 6.13. The van der Waals surface area contributed by atoms with Gasteiger partial charge in [0.25, 0.3) is 0 Å². The molecule has 0 spiro atoms. The number of aromatic nitrogens is 1. The van der Waals surface area contributed by atoms with E-state index in [1.807, 2.05) is 36.4 Å². The summed E-state index contributed by atoms with van der Waals surface area (Å²) in [5.41, 5.74) is 1.98. The van der Waals surface area contributed by atoms with E-state index in [1.54, 1.807) is 12.4 Å². The van der Waals surface area contributed by atoms with E-state index in [0.717, 1.165) is 17.7 Å². The van der Waals surface area contributed by atoms with Gasteiger partial charge in [-0.3, -0.25) is 14.6 Å². The molecule has 1 heterocycles. The zero-order chi connectivity index (χ0) is 17.0. The van der Waals surface area contributed by atoms with Gasteiger partial charge >= 0.3 is 0 Å². The van der Waals surface area contributed by atoms with E-state index in [-0.39, 0.29) is 11.8 Å². The van der Waals surface area contributed by atoms with Crippen LogP contribution >= 0.6 is 0 Å². The Morgan fingerprint density at radius 2 is 1.67 bits per heavy atom. The number of amides is 2. The number of carbonyl (C=O) groups excluding carboxylic acids is 2. The van der Waals surface area contributed by atoms with Gasteiger partial charge in [0.15, 0.2) is 0 Å². The molecule has 2 N–H and O–H groups in total. The molecule has 2 aromatic rings. The van der Waals surface area contributed by atoms with Crippen LogP contribution in [0, 0.1) is 5.41 Å². The molecule has 124 valence electrons. The smallest absolute Gasteiger partial charge is 0.240 e. The van der Waals surface area contributed by atoms with Crippen molar-refractivity contribution in [2.24, 2.45) is 5.41 Å². The number of hydrogen-bond acceptors (Lipinski definition) is 3. The lowest BCUT2D eigenvalue weighted by Crippen LogP contribution is -2.39. The molecule has 0 aliphatic heterocycles. The van der Waals surface area contributed by atoms with Gasteiger partial charge in [0.1, 0.15) is 5.41 Å². The zero-order valence-electron chi connectivity index (χ0n) is 13.7. The Hall–Kier alpha value is -2.69. The summed E-state index contributed by atoms with van der Waals surface area (Å²) in [6, 6.07) is 11.4. The monoisotopic (exact) mass is 323 g/mol. The van der Waals surface area contributed by atoms with Crippen molar-refractivity contribution in [1.29, 1.82) is 0 Å². The molecule has 1 fully saturated rings. The molecule has 2 amide bonds. The van der Waals surface area contributed by atoms with Gasteiger partial charge in [-0.1, -0.05) is 19.1 Å². The Bertz CT molecular complexity index is 722. The van der Waals surface area contributed by atoms with Gasteiger partial charge in [-0.25, -0.2) is 0 Å². The minimum atomic E-state index is -0.920. The lowest BCUT2D eigenvalue weighted by Gasteiger charge is -2.15. The maximum absolute atomic E-state index is 12.5. The van der Waals surface area contributed by atoms with E-state index in [0.29, 0.717) is 19.4 Å². The molecule has 1 aromatic heterocycles. The first kappa shape index (κ1) is 16.2. The molecule has 0 saturated heterocycles. The van der Waals surface area contributed by atoms with Crippen LogP contribution in [-0.2, 0) is 22.6 Å². The molecule has 0 unspecified atom stereocenters. The molecule has 1 aliphatic carbocycles. The topological polar surface area (TPSA) is 71.1 Å². The van der Waals surface area contributed by atoms with E-state index in [1.165, 1.54) is 5.56 Å². The summed E-state index contributed by atoms with van der Waals surface area (Å²) in [6.07, 6.45) is 5.50. The van der Waals surface area contributed by atoms with Crippen molar-refractivity contribution in [1.82, 2.24) is 10.3 Å². The quantitative estimate of drug-likeness (QED) is 0.803. The van der Waals surface area contributed by atoms with Crippen LogP contribution in [0.1, 0.15) is 30.9 Å². The number of aryl methyl sites for hydroxylation is 1. The average Bonchev–Trinajstić information content (AvgIpc) is 3.43. The summed E-state index contributed by atoms with van der Waals surface area (Å²) in [5.74, 6) is -0.430. The van der Waals surface area contributed by atoms with E-state index in [4.69, 9.17) is 0 Å². The lowest BCUT2D eigenvalue weighted by molar-refractivity contribution is -0.134. The number of nitrogens with zero attached hydrogens (tertiary/aromatic N) is 1. The lowest BCUT2D eigenvalue weighted by atomic mass is 10.0.